The maximum atomic E-state index is 12.6. The molecule has 0 atom stereocenters. The van der Waals surface area contributed by atoms with Crippen LogP contribution in [-0.2, 0) is 14.8 Å². The highest BCUT2D eigenvalue weighted by atomic mass is 32.2. The minimum Gasteiger partial charge on any atom is -0.477 e. The second-order valence-corrected chi connectivity index (χ2v) is 9.09. The van der Waals surface area contributed by atoms with Crippen LogP contribution in [0.25, 0.3) is 0 Å². The number of sulfonamides is 1. The molecule has 0 unspecified atom stereocenters. The summed E-state index contributed by atoms with van der Waals surface area (Å²) in [5.41, 5.74) is 2.05. The largest absolute Gasteiger partial charge is 0.477 e. The minimum absolute atomic E-state index is 0.164. The molecule has 0 spiro atoms. The lowest BCUT2D eigenvalue weighted by Gasteiger charge is -2.16. The Morgan fingerprint density at radius 2 is 1.87 bits per heavy atom. The lowest BCUT2D eigenvalue weighted by molar-refractivity contribution is -0.386. The fourth-order valence-electron chi connectivity index (χ4n) is 3.28. The zero-order valence-corrected chi connectivity index (χ0v) is 17.6. The SMILES string of the molecule is Cc1ccc(NC(=O)COc2ccc(S(=O)(=O)N3CCCC3)cc2[N+](=O)[O-])c(C)c1. The molecular formula is C20H23N3O6S. The summed E-state index contributed by atoms with van der Waals surface area (Å²) in [4.78, 5) is 22.8. The molecule has 2 aromatic carbocycles. The second-order valence-electron chi connectivity index (χ2n) is 7.15. The van der Waals surface area contributed by atoms with E-state index in [2.05, 4.69) is 5.32 Å². The molecule has 30 heavy (non-hydrogen) atoms. The van der Waals surface area contributed by atoms with Gasteiger partial charge >= 0.3 is 5.69 Å². The fourth-order valence-corrected chi connectivity index (χ4v) is 4.82. The quantitative estimate of drug-likeness (QED) is 0.530. The maximum Gasteiger partial charge on any atom is 0.312 e. The third-order valence-corrected chi connectivity index (χ3v) is 6.74. The first-order valence-electron chi connectivity index (χ1n) is 9.47. The Labute approximate surface area is 174 Å². The number of benzene rings is 2. The zero-order chi connectivity index (χ0) is 21.9. The molecule has 160 valence electrons. The molecule has 1 amide bonds. The van der Waals surface area contributed by atoms with Crippen molar-refractivity contribution in [2.45, 2.75) is 31.6 Å². The van der Waals surface area contributed by atoms with Gasteiger partial charge in [0.15, 0.2) is 12.4 Å². The van der Waals surface area contributed by atoms with Crippen LogP contribution in [0.4, 0.5) is 11.4 Å². The highest BCUT2D eigenvalue weighted by Gasteiger charge is 2.30. The summed E-state index contributed by atoms with van der Waals surface area (Å²) < 4.78 is 31.9. The fraction of sp³-hybridized carbons (Fsp3) is 0.350. The number of amides is 1. The van der Waals surface area contributed by atoms with E-state index in [0.717, 1.165) is 30.0 Å². The Balaban J connectivity index is 1.74. The van der Waals surface area contributed by atoms with Gasteiger partial charge in [0.25, 0.3) is 5.91 Å². The van der Waals surface area contributed by atoms with E-state index in [1.54, 1.807) is 6.07 Å². The van der Waals surface area contributed by atoms with Crippen molar-refractivity contribution < 1.29 is 22.9 Å². The van der Waals surface area contributed by atoms with E-state index in [1.165, 1.54) is 16.4 Å². The Kier molecular flexibility index (Phi) is 6.37. The van der Waals surface area contributed by atoms with Crippen molar-refractivity contribution in [3.8, 4) is 5.75 Å². The summed E-state index contributed by atoms with van der Waals surface area (Å²) in [5.74, 6) is -0.652. The smallest absolute Gasteiger partial charge is 0.312 e. The molecule has 0 aliphatic carbocycles. The summed E-state index contributed by atoms with van der Waals surface area (Å²) in [7, 11) is -3.80. The normalized spacial score (nSPS) is 14.5. The number of rotatable bonds is 7. The number of carbonyl (C=O) groups is 1. The van der Waals surface area contributed by atoms with Gasteiger partial charge in [-0.1, -0.05) is 17.7 Å². The number of nitro benzene ring substituents is 1. The first-order chi connectivity index (χ1) is 14.2. The van der Waals surface area contributed by atoms with Gasteiger partial charge in [0.05, 0.1) is 9.82 Å². The van der Waals surface area contributed by atoms with E-state index < -0.39 is 33.1 Å². The van der Waals surface area contributed by atoms with Gasteiger partial charge in [-0.25, -0.2) is 8.42 Å². The Bertz CT molecular complexity index is 1080. The summed E-state index contributed by atoms with van der Waals surface area (Å²) in [6.45, 7) is 4.13. The molecule has 0 saturated carbocycles. The molecule has 2 aromatic rings. The molecule has 1 fully saturated rings. The number of aryl methyl sites for hydroxylation is 2. The van der Waals surface area contributed by atoms with E-state index in [4.69, 9.17) is 4.74 Å². The molecule has 0 radical (unpaired) electrons. The van der Waals surface area contributed by atoms with Crippen molar-refractivity contribution >= 4 is 27.3 Å². The summed E-state index contributed by atoms with van der Waals surface area (Å²) in [6, 6.07) is 8.99. The van der Waals surface area contributed by atoms with Crippen LogP contribution in [0, 0.1) is 24.0 Å². The van der Waals surface area contributed by atoms with Crippen molar-refractivity contribution in [1.82, 2.24) is 4.31 Å². The van der Waals surface area contributed by atoms with E-state index in [-0.39, 0.29) is 10.6 Å². The van der Waals surface area contributed by atoms with Crippen LogP contribution in [0.15, 0.2) is 41.3 Å². The molecular weight excluding hydrogens is 410 g/mol. The van der Waals surface area contributed by atoms with Gasteiger partial charge in [-0.15, -0.1) is 0 Å². The lowest BCUT2D eigenvalue weighted by Crippen LogP contribution is -2.28. The van der Waals surface area contributed by atoms with Crippen molar-refractivity contribution in [2.75, 3.05) is 25.0 Å². The molecule has 1 heterocycles. The molecule has 0 bridgehead atoms. The van der Waals surface area contributed by atoms with Crippen LogP contribution in [0.3, 0.4) is 0 Å². The van der Waals surface area contributed by atoms with Crippen LogP contribution in [-0.4, -0.2) is 43.2 Å². The zero-order valence-electron chi connectivity index (χ0n) is 16.8. The lowest BCUT2D eigenvalue weighted by atomic mass is 10.1. The monoisotopic (exact) mass is 433 g/mol. The second kappa shape index (κ2) is 8.80. The number of anilines is 1. The number of nitrogens with one attached hydrogen (secondary N) is 1. The highest BCUT2D eigenvalue weighted by Crippen LogP contribution is 2.31. The van der Waals surface area contributed by atoms with Gasteiger partial charge in [-0.2, -0.15) is 4.31 Å². The first-order valence-corrected chi connectivity index (χ1v) is 10.9. The summed E-state index contributed by atoms with van der Waals surface area (Å²) in [6.07, 6.45) is 1.52. The molecule has 9 nitrogen and oxygen atoms in total. The summed E-state index contributed by atoms with van der Waals surface area (Å²) >= 11 is 0. The first kappa shape index (κ1) is 21.7. The minimum atomic E-state index is -3.80. The van der Waals surface area contributed by atoms with Crippen molar-refractivity contribution in [3.05, 3.63) is 57.6 Å². The van der Waals surface area contributed by atoms with Gasteiger partial charge < -0.3 is 10.1 Å². The molecule has 3 rings (SSSR count). The molecule has 1 aliphatic rings. The summed E-state index contributed by atoms with van der Waals surface area (Å²) in [5, 5.41) is 14.1. The van der Waals surface area contributed by atoms with Crippen LogP contribution < -0.4 is 10.1 Å². The Morgan fingerprint density at radius 3 is 2.50 bits per heavy atom. The highest BCUT2D eigenvalue weighted by molar-refractivity contribution is 7.89. The third-order valence-electron chi connectivity index (χ3n) is 4.84. The van der Waals surface area contributed by atoms with Crippen molar-refractivity contribution in [2.24, 2.45) is 0 Å². The molecule has 1 saturated heterocycles. The number of ether oxygens (including phenoxy) is 1. The van der Waals surface area contributed by atoms with Crippen LogP contribution >= 0.6 is 0 Å². The predicted molar refractivity (Wildman–Crippen MR) is 111 cm³/mol. The number of nitrogens with zero attached hydrogens (tertiary/aromatic N) is 2. The molecule has 1 aliphatic heterocycles. The average Bonchev–Trinajstić information content (AvgIpc) is 3.24. The third kappa shape index (κ3) is 4.77. The topological polar surface area (TPSA) is 119 Å². The van der Waals surface area contributed by atoms with Gasteiger partial charge in [0.1, 0.15) is 0 Å². The Hall–Kier alpha value is -2.98. The van der Waals surface area contributed by atoms with Crippen LogP contribution in [0.2, 0.25) is 0 Å². The molecule has 10 heteroatoms. The van der Waals surface area contributed by atoms with Crippen LogP contribution in [0.1, 0.15) is 24.0 Å². The van der Waals surface area contributed by atoms with Crippen molar-refractivity contribution in [1.29, 1.82) is 0 Å². The van der Waals surface area contributed by atoms with Crippen LogP contribution in [0.5, 0.6) is 5.75 Å². The predicted octanol–water partition coefficient (Wildman–Crippen LogP) is 3.01. The van der Waals surface area contributed by atoms with Crippen molar-refractivity contribution in [3.63, 3.8) is 0 Å². The van der Waals surface area contributed by atoms with E-state index in [9.17, 15) is 23.3 Å². The van der Waals surface area contributed by atoms with Gasteiger partial charge in [-0.3, -0.25) is 14.9 Å². The number of nitro groups is 1. The van der Waals surface area contributed by atoms with E-state index >= 15 is 0 Å². The van der Waals surface area contributed by atoms with Gasteiger partial charge in [-0.05, 0) is 50.5 Å². The number of carbonyl (C=O) groups excluding carboxylic acids is 1. The van der Waals surface area contributed by atoms with Gasteiger partial charge in [0, 0.05) is 24.8 Å². The maximum absolute atomic E-state index is 12.6. The number of hydrogen-bond acceptors (Lipinski definition) is 6. The number of hydrogen-bond donors (Lipinski definition) is 1. The van der Waals surface area contributed by atoms with E-state index in [1.807, 2.05) is 26.0 Å². The Morgan fingerprint density at radius 1 is 1.17 bits per heavy atom. The molecule has 0 aromatic heterocycles. The van der Waals surface area contributed by atoms with Gasteiger partial charge in [0.2, 0.25) is 10.0 Å². The average molecular weight is 433 g/mol. The standard InChI is InChI=1S/C20H23N3O6S/c1-14-5-7-17(15(2)11-14)21-20(24)13-29-19-8-6-16(12-18(19)23(25)26)30(27,28)22-9-3-4-10-22/h5-8,11-12H,3-4,9-10,13H2,1-2H3,(H,21,24). The van der Waals surface area contributed by atoms with E-state index in [0.29, 0.717) is 18.8 Å². The molecule has 1 N–H and O–H groups in total.